The van der Waals surface area contributed by atoms with Crippen molar-refractivity contribution in [2.24, 2.45) is 5.73 Å². The summed E-state index contributed by atoms with van der Waals surface area (Å²) in [4.78, 5) is 19.8. The molecule has 0 unspecified atom stereocenters. The molecule has 1 aromatic carbocycles. The second-order valence-electron chi connectivity index (χ2n) is 5.13. The highest BCUT2D eigenvalue weighted by Crippen LogP contribution is 2.25. The number of carbonyl (C=O) groups is 1. The van der Waals surface area contributed by atoms with Gasteiger partial charge >= 0.3 is 0 Å². The molecule has 0 saturated heterocycles. The highest BCUT2D eigenvalue weighted by molar-refractivity contribution is 5.92. The van der Waals surface area contributed by atoms with E-state index in [4.69, 9.17) is 10.5 Å². The van der Waals surface area contributed by atoms with Gasteiger partial charge < -0.3 is 15.8 Å². The lowest BCUT2D eigenvalue weighted by Gasteiger charge is -2.09. The van der Waals surface area contributed by atoms with Crippen molar-refractivity contribution in [1.29, 1.82) is 0 Å². The molecule has 0 fully saturated rings. The van der Waals surface area contributed by atoms with Crippen LogP contribution in [0.4, 0.5) is 11.6 Å². The minimum Gasteiger partial charge on any atom is -0.497 e. The molecular formula is C17H16N4O2. The van der Waals surface area contributed by atoms with Crippen LogP contribution in [0.15, 0.2) is 42.6 Å². The molecule has 0 saturated carbocycles. The summed E-state index contributed by atoms with van der Waals surface area (Å²) < 4.78 is 5.24. The highest BCUT2D eigenvalue weighted by Gasteiger charge is 2.06. The molecule has 2 heterocycles. The number of aryl methyl sites for hydroxylation is 1. The van der Waals surface area contributed by atoms with Gasteiger partial charge in [-0.1, -0.05) is 0 Å². The van der Waals surface area contributed by atoms with Gasteiger partial charge in [0.15, 0.2) is 0 Å². The number of nitrogens with zero attached hydrogens (tertiary/aromatic N) is 2. The van der Waals surface area contributed by atoms with Gasteiger partial charge in [0.05, 0.1) is 18.2 Å². The van der Waals surface area contributed by atoms with E-state index in [0.29, 0.717) is 17.2 Å². The lowest BCUT2D eigenvalue weighted by atomic mass is 10.1. The van der Waals surface area contributed by atoms with E-state index in [-0.39, 0.29) is 0 Å². The molecule has 0 radical (unpaired) electrons. The van der Waals surface area contributed by atoms with Gasteiger partial charge in [-0.15, -0.1) is 0 Å². The molecule has 0 aliphatic heterocycles. The van der Waals surface area contributed by atoms with Crippen LogP contribution in [0.2, 0.25) is 0 Å². The molecule has 0 spiro atoms. The first kappa shape index (κ1) is 14.8. The number of methoxy groups -OCH3 is 1. The predicted molar refractivity (Wildman–Crippen MR) is 89.1 cm³/mol. The average Bonchev–Trinajstić information content (AvgIpc) is 2.54. The van der Waals surface area contributed by atoms with Crippen LogP contribution in [0.5, 0.6) is 5.75 Å². The Morgan fingerprint density at radius 2 is 2.00 bits per heavy atom. The average molecular weight is 308 g/mol. The summed E-state index contributed by atoms with van der Waals surface area (Å²) in [5.74, 6) is 1.51. The third-order valence-electron chi connectivity index (χ3n) is 3.53. The fraction of sp³-hybridized carbons (Fsp3) is 0.118. The number of aromatic nitrogens is 2. The Kier molecular flexibility index (Phi) is 3.80. The van der Waals surface area contributed by atoms with Gasteiger partial charge in [-0.25, -0.2) is 9.97 Å². The van der Waals surface area contributed by atoms with Gasteiger partial charge in [-0.05, 0) is 42.8 Å². The third-order valence-corrected chi connectivity index (χ3v) is 3.53. The first-order valence-corrected chi connectivity index (χ1v) is 7.05. The van der Waals surface area contributed by atoms with Gasteiger partial charge in [0, 0.05) is 17.6 Å². The highest BCUT2D eigenvalue weighted by atomic mass is 16.5. The molecule has 0 bridgehead atoms. The van der Waals surface area contributed by atoms with Crippen molar-refractivity contribution in [3.63, 3.8) is 0 Å². The number of nitrogens with one attached hydrogen (secondary N) is 1. The normalized spacial score (nSPS) is 10.5. The molecule has 0 aliphatic carbocycles. The summed E-state index contributed by atoms with van der Waals surface area (Å²) in [6.07, 6.45) is 1.43. The number of ether oxygens (including phenoxy) is 1. The number of benzene rings is 1. The zero-order valence-corrected chi connectivity index (χ0v) is 12.8. The minimum absolute atomic E-state index is 0.364. The lowest BCUT2D eigenvalue weighted by Crippen LogP contribution is -2.11. The maximum absolute atomic E-state index is 11.1. The maximum Gasteiger partial charge on any atom is 0.250 e. The Bertz CT molecular complexity index is 876. The summed E-state index contributed by atoms with van der Waals surface area (Å²) in [6, 6.07) is 11.0. The minimum atomic E-state index is -0.504. The van der Waals surface area contributed by atoms with Gasteiger partial charge in [-0.2, -0.15) is 0 Å². The molecule has 6 heteroatoms. The monoisotopic (exact) mass is 308 g/mol. The fourth-order valence-corrected chi connectivity index (χ4v) is 2.32. The Morgan fingerprint density at radius 1 is 1.17 bits per heavy atom. The Balaban J connectivity index is 1.94. The van der Waals surface area contributed by atoms with Crippen molar-refractivity contribution in [3.8, 4) is 5.75 Å². The number of amides is 1. The molecule has 3 aromatic rings. The zero-order valence-electron chi connectivity index (χ0n) is 12.8. The van der Waals surface area contributed by atoms with Crippen molar-refractivity contribution in [3.05, 3.63) is 53.7 Å². The summed E-state index contributed by atoms with van der Waals surface area (Å²) >= 11 is 0. The molecule has 6 nitrogen and oxygen atoms in total. The van der Waals surface area contributed by atoms with Crippen LogP contribution < -0.4 is 15.8 Å². The number of hydrogen-bond donors (Lipinski definition) is 2. The molecular weight excluding hydrogens is 292 g/mol. The number of pyridine rings is 2. The predicted octanol–water partition coefficient (Wildman–Crippen LogP) is 2.79. The number of carbonyl (C=O) groups excluding carboxylic acids is 1. The number of nitrogens with two attached hydrogens (primary N) is 1. The second-order valence-corrected chi connectivity index (χ2v) is 5.13. The molecule has 3 rings (SSSR count). The molecule has 0 atom stereocenters. The third kappa shape index (κ3) is 3.06. The van der Waals surface area contributed by atoms with Crippen LogP contribution in [0, 0.1) is 6.92 Å². The first-order chi connectivity index (χ1) is 11.1. The lowest BCUT2D eigenvalue weighted by molar-refractivity contribution is 0.1000. The maximum atomic E-state index is 11.1. The van der Waals surface area contributed by atoms with Gasteiger partial charge in [0.2, 0.25) is 5.91 Å². The number of anilines is 2. The smallest absolute Gasteiger partial charge is 0.250 e. The second kappa shape index (κ2) is 5.92. The number of fused-ring (bicyclic) bond motifs is 1. The quantitative estimate of drug-likeness (QED) is 0.773. The van der Waals surface area contributed by atoms with Crippen molar-refractivity contribution in [1.82, 2.24) is 9.97 Å². The van der Waals surface area contributed by atoms with E-state index in [1.165, 1.54) is 6.20 Å². The Labute approximate surface area is 133 Å². The standard InChI is InChI=1S/C17H16N4O2/c1-10-7-16(20-14-8-12(23-2)4-5-13(10)14)21-15-6-3-11(9-19-15)17(18)22/h3-9H,1-2H3,(H2,18,22)(H,19,20,21). The van der Waals surface area contributed by atoms with Crippen LogP contribution in [0.25, 0.3) is 10.9 Å². The molecule has 2 aromatic heterocycles. The molecule has 1 amide bonds. The van der Waals surface area contributed by atoms with E-state index < -0.39 is 5.91 Å². The topological polar surface area (TPSA) is 90.1 Å². The van der Waals surface area contributed by atoms with Crippen molar-refractivity contribution >= 4 is 28.4 Å². The van der Waals surface area contributed by atoms with Gasteiger partial charge in [0.25, 0.3) is 0 Å². The van der Waals surface area contributed by atoms with E-state index in [2.05, 4.69) is 15.3 Å². The molecule has 3 N–H and O–H groups in total. The van der Waals surface area contributed by atoms with E-state index >= 15 is 0 Å². The van der Waals surface area contributed by atoms with Crippen LogP contribution >= 0.6 is 0 Å². The van der Waals surface area contributed by atoms with E-state index in [1.54, 1.807) is 19.2 Å². The summed E-state index contributed by atoms with van der Waals surface area (Å²) in [5, 5.41) is 4.19. The fourth-order valence-electron chi connectivity index (χ4n) is 2.32. The SMILES string of the molecule is COc1ccc2c(C)cc(Nc3ccc(C(N)=O)cn3)nc2c1. The first-order valence-electron chi connectivity index (χ1n) is 7.05. The number of primary amides is 1. The molecule has 23 heavy (non-hydrogen) atoms. The number of rotatable bonds is 4. The van der Waals surface area contributed by atoms with Crippen molar-refractivity contribution in [2.75, 3.05) is 12.4 Å². The molecule has 0 aliphatic rings. The summed E-state index contributed by atoms with van der Waals surface area (Å²) in [7, 11) is 1.63. The molecule has 116 valence electrons. The largest absolute Gasteiger partial charge is 0.497 e. The Hall–Kier alpha value is -3.15. The van der Waals surface area contributed by atoms with E-state index in [9.17, 15) is 4.79 Å². The van der Waals surface area contributed by atoms with Crippen LogP contribution in [0.3, 0.4) is 0 Å². The van der Waals surface area contributed by atoms with Gasteiger partial charge in [0.1, 0.15) is 17.4 Å². The van der Waals surface area contributed by atoms with Crippen LogP contribution in [-0.4, -0.2) is 23.0 Å². The van der Waals surface area contributed by atoms with Gasteiger partial charge in [-0.3, -0.25) is 4.79 Å². The zero-order chi connectivity index (χ0) is 16.4. The van der Waals surface area contributed by atoms with E-state index in [1.807, 2.05) is 31.2 Å². The van der Waals surface area contributed by atoms with Crippen molar-refractivity contribution in [2.45, 2.75) is 6.92 Å². The Morgan fingerprint density at radius 3 is 2.65 bits per heavy atom. The van der Waals surface area contributed by atoms with Crippen LogP contribution in [-0.2, 0) is 0 Å². The summed E-state index contributed by atoms with van der Waals surface area (Å²) in [5.41, 5.74) is 7.49. The summed E-state index contributed by atoms with van der Waals surface area (Å²) in [6.45, 7) is 2.02. The van der Waals surface area contributed by atoms with E-state index in [0.717, 1.165) is 22.2 Å². The van der Waals surface area contributed by atoms with Crippen molar-refractivity contribution < 1.29 is 9.53 Å². The van der Waals surface area contributed by atoms with Crippen LogP contribution in [0.1, 0.15) is 15.9 Å². The number of hydrogen-bond acceptors (Lipinski definition) is 5.